The lowest BCUT2D eigenvalue weighted by Gasteiger charge is -2.18. The molecule has 0 aromatic rings. The maximum Gasteiger partial charge on any atom is 0.306 e. The summed E-state index contributed by atoms with van der Waals surface area (Å²) in [7, 11) is 0. The Kier molecular flexibility index (Phi) is 53.0. The van der Waals surface area contributed by atoms with Gasteiger partial charge in [0.1, 0.15) is 13.2 Å². The second-order valence-electron chi connectivity index (χ2n) is 18.1. The molecule has 1 atom stereocenters. The van der Waals surface area contributed by atoms with Crippen molar-refractivity contribution in [3.8, 4) is 0 Å². The fraction of sp³-hybridized carbons (Fsp3) is 0.635. The highest BCUT2D eigenvalue weighted by Crippen LogP contribution is 2.13. The maximum atomic E-state index is 12.8. The van der Waals surface area contributed by atoms with Crippen LogP contribution in [-0.2, 0) is 28.6 Å². The van der Waals surface area contributed by atoms with E-state index >= 15 is 0 Å². The molecule has 0 bridgehead atoms. The molecule has 6 heteroatoms. The Bertz CT molecular complexity index is 1470. The van der Waals surface area contributed by atoms with Gasteiger partial charge in [-0.3, -0.25) is 14.4 Å². The third-order valence-electron chi connectivity index (χ3n) is 11.4. The summed E-state index contributed by atoms with van der Waals surface area (Å²) in [5, 5.41) is 0. The number of hydrogen-bond donors (Lipinski definition) is 0. The number of esters is 3. The lowest BCUT2D eigenvalue weighted by Crippen LogP contribution is -2.30. The van der Waals surface area contributed by atoms with Gasteiger partial charge in [0, 0.05) is 19.3 Å². The number of rotatable bonds is 49. The molecular weight excluding hydrogens is 853 g/mol. The van der Waals surface area contributed by atoms with E-state index in [2.05, 4.69) is 136 Å². The van der Waals surface area contributed by atoms with Crippen LogP contribution in [0.2, 0.25) is 0 Å². The number of carbonyl (C=O) groups is 3. The molecule has 0 radical (unpaired) electrons. The first-order chi connectivity index (χ1) is 34.0. The Balaban J connectivity index is 4.57. The highest BCUT2D eigenvalue weighted by molar-refractivity contribution is 5.71. The van der Waals surface area contributed by atoms with Gasteiger partial charge in [-0.15, -0.1) is 0 Å². The van der Waals surface area contributed by atoms with Crippen LogP contribution in [0.4, 0.5) is 0 Å². The molecule has 69 heavy (non-hydrogen) atoms. The van der Waals surface area contributed by atoms with Crippen molar-refractivity contribution in [1.29, 1.82) is 0 Å². The summed E-state index contributed by atoms with van der Waals surface area (Å²) in [6.07, 6.45) is 77.6. The smallest absolute Gasteiger partial charge is 0.306 e. The Morgan fingerprint density at radius 1 is 0.304 bits per heavy atom. The number of carbonyl (C=O) groups excluding carboxylic acids is 3. The second kappa shape index (κ2) is 56.4. The van der Waals surface area contributed by atoms with Crippen molar-refractivity contribution < 1.29 is 28.6 Å². The van der Waals surface area contributed by atoms with Gasteiger partial charge in [-0.25, -0.2) is 0 Å². The molecule has 390 valence electrons. The minimum absolute atomic E-state index is 0.118. The number of allylic oxidation sites excluding steroid dienone is 20. The van der Waals surface area contributed by atoms with Crippen molar-refractivity contribution in [1.82, 2.24) is 0 Å². The highest BCUT2D eigenvalue weighted by Gasteiger charge is 2.19. The van der Waals surface area contributed by atoms with Gasteiger partial charge in [-0.1, -0.05) is 219 Å². The summed E-state index contributed by atoms with van der Waals surface area (Å²) in [4.78, 5) is 38.1. The molecule has 0 heterocycles. The van der Waals surface area contributed by atoms with E-state index in [-0.39, 0.29) is 44.0 Å². The zero-order chi connectivity index (χ0) is 50.0. The average molecular weight is 956 g/mol. The van der Waals surface area contributed by atoms with Crippen molar-refractivity contribution in [2.75, 3.05) is 13.2 Å². The van der Waals surface area contributed by atoms with Gasteiger partial charge in [0.25, 0.3) is 0 Å². The first-order valence-electron chi connectivity index (χ1n) is 28.0. The predicted molar refractivity (Wildman–Crippen MR) is 297 cm³/mol. The molecule has 0 aliphatic heterocycles. The summed E-state index contributed by atoms with van der Waals surface area (Å²) in [6.45, 7) is 6.39. The van der Waals surface area contributed by atoms with E-state index in [0.29, 0.717) is 12.8 Å². The average Bonchev–Trinajstić information content (AvgIpc) is 3.35. The highest BCUT2D eigenvalue weighted by atomic mass is 16.6. The molecule has 0 aromatic carbocycles. The SMILES string of the molecule is CC/C=C\C/C=C\C/C=C\C/C=C\CCCCCCC(=O)O[C@H](COC(=O)CC/C=C\C/C=C\C/C=C\C/C=C\C/C=C\CCCCC)COC(=O)CCCCCCC/C=C\CCCCCCCC. The molecule has 0 amide bonds. The molecule has 0 unspecified atom stereocenters. The fourth-order valence-electron chi connectivity index (χ4n) is 7.23. The maximum absolute atomic E-state index is 12.8. The number of ether oxygens (including phenoxy) is 3. The standard InChI is InChI=1S/C63H102O6/c1-4-7-10-13-16-19-22-25-28-30-31-33-35-38-41-44-47-50-53-56-62(65)68-59-60(58-67-61(64)55-52-49-46-43-40-37-34-27-24-21-18-15-12-9-6-3)69-63(66)57-54-51-48-45-42-39-36-32-29-26-23-20-17-14-11-8-5-2/h8,11,16-17,19-20,25-29,31,33-34,36,38-39,41,47,50,60H,4-7,9-10,12-15,18,21-24,30,32,35,37,40,42-46,48-49,51-59H2,1-3H3/b11-8-,19-16-,20-17-,28-25-,29-26-,33-31-,34-27-,39-36-,41-38-,50-47-/t60-/m0/s1. The van der Waals surface area contributed by atoms with Crippen LogP contribution in [0.25, 0.3) is 0 Å². The van der Waals surface area contributed by atoms with E-state index in [1.807, 2.05) is 6.08 Å². The van der Waals surface area contributed by atoms with Crippen molar-refractivity contribution in [2.24, 2.45) is 0 Å². The van der Waals surface area contributed by atoms with Gasteiger partial charge in [0.15, 0.2) is 6.10 Å². The van der Waals surface area contributed by atoms with Crippen molar-refractivity contribution in [3.05, 3.63) is 122 Å². The normalized spacial score (nSPS) is 13.0. The third kappa shape index (κ3) is 54.6. The Labute approximate surface area is 424 Å². The molecule has 0 fully saturated rings. The molecule has 0 rings (SSSR count). The second-order valence-corrected chi connectivity index (χ2v) is 18.1. The van der Waals surface area contributed by atoms with Gasteiger partial charge >= 0.3 is 17.9 Å². The largest absolute Gasteiger partial charge is 0.462 e. The quantitative estimate of drug-likeness (QED) is 0.0262. The molecule has 6 nitrogen and oxygen atoms in total. The molecule has 0 aliphatic carbocycles. The molecule has 0 aromatic heterocycles. The minimum atomic E-state index is -0.828. The van der Waals surface area contributed by atoms with Crippen LogP contribution in [0.1, 0.15) is 239 Å². The molecule has 0 N–H and O–H groups in total. The predicted octanol–water partition coefficient (Wildman–Crippen LogP) is 18.9. The van der Waals surface area contributed by atoms with Gasteiger partial charge in [0.2, 0.25) is 0 Å². The minimum Gasteiger partial charge on any atom is -0.462 e. The van der Waals surface area contributed by atoms with Crippen molar-refractivity contribution in [3.63, 3.8) is 0 Å². The number of unbranched alkanes of at least 4 members (excludes halogenated alkanes) is 18. The van der Waals surface area contributed by atoms with E-state index < -0.39 is 6.10 Å². The summed E-state index contributed by atoms with van der Waals surface area (Å²) < 4.78 is 16.8. The fourth-order valence-corrected chi connectivity index (χ4v) is 7.23. The van der Waals surface area contributed by atoms with Gasteiger partial charge in [0.05, 0.1) is 0 Å². The van der Waals surface area contributed by atoms with Crippen LogP contribution in [0.3, 0.4) is 0 Å². The lowest BCUT2D eigenvalue weighted by atomic mass is 10.1. The Morgan fingerprint density at radius 2 is 0.594 bits per heavy atom. The molecule has 0 saturated carbocycles. The van der Waals surface area contributed by atoms with Crippen LogP contribution >= 0.6 is 0 Å². The van der Waals surface area contributed by atoms with Crippen LogP contribution < -0.4 is 0 Å². The zero-order valence-corrected chi connectivity index (χ0v) is 44.5. The van der Waals surface area contributed by atoms with Gasteiger partial charge < -0.3 is 14.2 Å². The van der Waals surface area contributed by atoms with Crippen molar-refractivity contribution >= 4 is 17.9 Å². The van der Waals surface area contributed by atoms with Gasteiger partial charge in [-0.05, 0) is 122 Å². The summed E-state index contributed by atoms with van der Waals surface area (Å²) in [5.74, 6) is -1.04. The Hall–Kier alpha value is -4.19. The Morgan fingerprint density at radius 3 is 1.01 bits per heavy atom. The van der Waals surface area contributed by atoms with Crippen LogP contribution in [0.15, 0.2) is 122 Å². The summed E-state index contributed by atoms with van der Waals surface area (Å²) >= 11 is 0. The van der Waals surface area contributed by atoms with Crippen LogP contribution in [-0.4, -0.2) is 37.2 Å². The monoisotopic (exact) mass is 955 g/mol. The third-order valence-corrected chi connectivity index (χ3v) is 11.4. The lowest BCUT2D eigenvalue weighted by molar-refractivity contribution is -0.166. The molecule has 0 spiro atoms. The van der Waals surface area contributed by atoms with E-state index in [1.54, 1.807) is 0 Å². The van der Waals surface area contributed by atoms with Crippen molar-refractivity contribution in [2.45, 2.75) is 245 Å². The molecular formula is C63H102O6. The summed E-state index contributed by atoms with van der Waals surface area (Å²) in [6, 6.07) is 0. The van der Waals surface area contributed by atoms with E-state index in [1.165, 1.54) is 77.0 Å². The first-order valence-corrected chi connectivity index (χ1v) is 28.0. The topological polar surface area (TPSA) is 78.9 Å². The van der Waals surface area contributed by atoms with E-state index in [9.17, 15) is 14.4 Å². The van der Waals surface area contributed by atoms with Gasteiger partial charge in [-0.2, -0.15) is 0 Å². The van der Waals surface area contributed by atoms with Crippen LogP contribution in [0.5, 0.6) is 0 Å². The molecule has 0 aliphatic rings. The number of hydrogen-bond acceptors (Lipinski definition) is 6. The van der Waals surface area contributed by atoms with Crippen LogP contribution in [0, 0.1) is 0 Å². The van der Waals surface area contributed by atoms with E-state index in [0.717, 1.165) is 116 Å². The summed E-state index contributed by atoms with van der Waals surface area (Å²) in [5.41, 5.74) is 0. The van der Waals surface area contributed by atoms with E-state index in [4.69, 9.17) is 14.2 Å². The zero-order valence-electron chi connectivity index (χ0n) is 44.5. The molecule has 0 saturated heterocycles. The first kappa shape index (κ1) is 64.8.